The summed E-state index contributed by atoms with van der Waals surface area (Å²) in [5.41, 5.74) is 8.68. The second kappa shape index (κ2) is 12.0. The molecule has 0 bridgehead atoms. The van der Waals surface area contributed by atoms with Crippen molar-refractivity contribution < 1.29 is 42.7 Å². The summed E-state index contributed by atoms with van der Waals surface area (Å²) in [7, 11) is 0. The van der Waals surface area contributed by atoms with Gasteiger partial charge in [0.15, 0.2) is 0 Å². The first-order valence-corrected chi connectivity index (χ1v) is 9.12. The van der Waals surface area contributed by atoms with E-state index in [1.54, 1.807) is 6.07 Å². The SMILES string of the molecule is N#CC(=C1CCN(O)CC1)c1ccc(Cl)s1.NC1=C(C=O)C[N-]CC1.[Y]. The Bertz CT molecular complexity index is 717. The van der Waals surface area contributed by atoms with Gasteiger partial charge in [0.25, 0.3) is 0 Å². The normalized spacial score (nSPS) is 17.5. The van der Waals surface area contributed by atoms with Gasteiger partial charge in [-0.3, -0.25) is 4.79 Å². The van der Waals surface area contributed by atoms with Gasteiger partial charge in [-0.25, -0.2) is 0 Å². The first kappa shape index (κ1) is 23.5. The number of piperidine rings is 1. The molecule has 0 spiro atoms. The molecule has 0 unspecified atom stereocenters. The maximum atomic E-state index is 10.2. The molecule has 3 N–H and O–H groups in total. The summed E-state index contributed by atoms with van der Waals surface area (Å²) < 4.78 is 0.697. The van der Waals surface area contributed by atoms with Crippen LogP contribution in [0.3, 0.4) is 0 Å². The maximum absolute atomic E-state index is 10.2. The van der Waals surface area contributed by atoms with Crippen LogP contribution >= 0.6 is 22.9 Å². The zero-order valence-electron chi connectivity index (χ0n) is 14.3. The average molecular weight is 469 g/mol. The van der Waals surface area contributed by atoms with Crippen LogP contribution in [0.2, 0.25) is 4.34 Å². The van der Waals surface area contributed by atoms with Gasteiger partial charge in [-0.1, -0.05) is 11.6 Å². The van der Waals surface area contributed by atoms with Gasteiger partial charge in [-0.15, -0.1) is 24.4 Å². The van der Waals surface area contributed by atoms with Crippen molar-refractivity contribution in [3.63, 3.8) is 0 Å². The molecule has 2 aliphatic heterocycles. The molecule has 137 valence electrons. The Labute approximate surface area is 187 Å². The van der Waals surface area contributed by atoms with Crippen LogP contribution in [0.25, 0.3) is 10.9 Å². The Morgan fingerprint density at radius 2 is 2.08 bits per heavy atom. The predicted molar refractivity (Wildman–Crippen MR) is 99.4 cm³/mol. The van der Waals surface area contributed by atoms with E-state index >= 15 is 0 Å². The van der Waals surface area contributed by atoms with E-state index in [0.29, 0.717) is 35.2 Å². The molecule has 0 amide bonds. The second-order valence-corrected chi connectivity index (χ2v) is 7.39. The molecular formula is C17H20ClN4O2SY-. The van der Waals surface area contributed by atoms with E-state index in [0.717, 1.165) is 48.1 Å². The summed E-state index contributed by atoms with van der Waals surface area (Å²) in [6, 6.07) is 5.93. The predicted octanol–water partition coefficient (Wildman–Crippen LogP) is 3.34. The molecule has 2 aliphatic rings. The Hall–Kier alpha value is -0.586. The summed E-state index contributed by atoms with van der Waals surface area (Å²) >= 11 is 7.29. The van der Waals surface area contributed by atoms with Crippen molar-refractivity contribution in [1.82, 2.24) is 5.06 Å². The number of nitriles is 1. The number of carbonyl (C=O) groups excluding carboxylic acids is 1. The molecule has 0 aromatic carbocycles. The summed E-state index contributed by atoms with van der Waals surface area (Å²) in [4.78, 5) is 11.1. The van der Waals surface area contributed by atoms with Crippen molar-refractivity contribution in [2.75, 3.05) is 26.2 Å². The molecule has 0 saturated carbocycles. The van der Waals surface area contributed by atoms with Crippen molar-refractivity contribution >= 4 is 34.8 Å². The number of hydrogen-bond acceptors (Lipinski definition) is 6. The number of nitrogens with zero attached hydrogens (tertiary/aromatic N) is 3. The zero-order valence-corrected chi connectivity index (χ0v) is 18.7. The van der Waals surface area contributed by atoms with Gasteiger partial charge < -0.3 is 16.3 Å². The molecule has 6 nitrogen and oxygen atoms in total. The third-order valence-electron chi connectivity index (χ3n) is 4.00. The van der Waals surface area contributed by atoms with Crippen LogP contribution < -0.4 is 5.73 Å². The number of hydroxylamine groups is 2. The van der Waals surface area contributed by atoms with Crippen LogP contribution in [0.5, 0.6) is 0 Å². The number of allylic oxidation sites excluding steroid dienone is 1. The van der Waals surface area contributed by atoms with Gasteiger partial charge in [-0.2, -0.15) is 10.3 Å². The van der Waals surface area contributed by atoms with Gasteiger partial charge in [0.2, 0.25) is 0 Å². The molecular weight excluding hydrogens is 449 g/mol. The molecule has 26 heavy (non-hydrogen) atoms. The Kier molecular flexibility index (Phi) is 10.8. The van der Waals surface area contributed by atoms with Crippen LogP contribution in [0.15, 0.2) is 29.0 Å². The molecule has 0 atom stereocenters. The van der Waals surface area contributed by atoms with Crippen molar-refractivity contribution in [2.45, 2.75) is 19.3 Å². The number of thiophene rings is 1. The smallest absolute Gasteiger partial charge is 0.145 e. The van der Waals surface area contributed by atoms with Gasteiger partial charge >= 0.3 is 0 Å². The molecule has 1 fully saturated rings. The van der Waals surface area contributed by atoms with E-state index in [2.05, 4.69) is 11.4 Å². The monoisotopic (exact) mass is 468 g/mol. The molecule has 1 radical (unpaired) electrons. The zero-order chi connectivity index (χ0) is 18.2. The molecule has 1 aromatic rings. The molecule has 9 heteroatoms. The van der Waals surface area contributed by atoms with Crippen molar-refractivity contribution in [1.29, 1.82) is 5.26 Å². The number of nitrogens with two attached hydrogens (primary N) is 1. The molecule has 1 saturated heterocycles. The Morgan fingerprint density at radius 3 is 2.54 bits per heavy atom. The van der Waals surface area contributed by atoms with E-state index in [-0.39, 0.29) is 32.7 Å². The third-order valence-corrected chi connectivity index (χ3v) is 5.25. The standard InChI is InChI=1S/C11H11ClN2OS.C6H9N2O.Y/c12-11-2-1-10(16-11)9(7-13)8-3-5-14(15)6-4-8;7-6-1-2-8-3-5(6)4-9;/h1-2,15H,3-6H2;4H,1-3,7H2;/q;-1;. The Balaban J connectivity index is 0.000000290. The minimum absolute atomic E-state index is 0. The number of halogens is 1. The van der Waals surface area contributed by atoms with Gasteiger partial charge in [0.05, 0.1) is 9.91 Å². The molecule has 1 aromatic heterocycles. The minimum atomic E-state index is 0. The Morgan fingerprint density at radius 1 is 1.38 bits per heavy atom. The summed E-state index contributed by atoms with van der Waals surface area (Å²) in [6.45, 7) is 2.47. The summed E-state index contributed by atoms with van der Waals surface area (Å²) in [6.07, 6.45) is 3.02. The van der Waals surface area contributed by atoms with E-state index in [9.17, 15) is 15.3 Å². The quantitative estimate of drug-likeness (QED) is 0.512. The topological polar surface area (TPSA) is 104 Å². The van der Waals surface area contributed by atoms with Crippen molar-refractivity contribution in [3.8, 4) is 6.07 Å². The van der Waals surface area contributed by atoms with Gasteiger partial charge in [0.1, 0.15) is 12.4 Å². The van der Waals surface area contributed by atoms with Crippen LogP contribution in [-0.2, 0) is 37.5 Å². The molecule has 3 rings (SSSR count). The fourth-order valence-corrected chi connectivity index (χ4v) is 3.63. The van der Waals surface area contributed by atoms with Crippen LogP contribution in [0.1, 0.15) is 24.1 Å². The fourth-order valence-electron chi connectivity index (χ4n) is 2.55. The van der Waals surface area contributed by atoms with E-state index in [1.165, 1.54) is 16.4 Å². The largest absolute Gasteiger partial charge is 0.658 e. The van der Waals surface area contributed by atoms with Crippen molar-refractivity contribution in [2.24, 2.45) is 5.73 Å². The summed E-state index contributed by atoms with van der Waals surface area (Å²) in [5.74, 6) is 0. The number of hydrogen-bond donors (Lipinski definition) is 2. The minimum Gasteiger partial charge on any atom is -0.658 e. The second-order valence-electron chi connectivity index (χ2n) is 5.67. The van der Waals surface area contributed by atoms with Crippen LogP contribution in [-0.4, -0.2) is 42.7 Å². The number of rotatable bonds is 2. The van der Waals surface area contributed by atoms with Gasteiger partial charge in [-0.05, 0) is 42.5 Å². The number of carbonyl (C=O) groups is 1. The first-order chi connectivity index (χ1) is 12.0. The van der Waals surface area contributed by atoms with E-state index in [4.69, 9.17) is 17.3 Å². The first-order valence-electron chi connectivity index (χ1n) is 7.92. The maximum Gasteiger partial charge on any atom is 0.145 e. The van der Waals surface area contributed by atoms with Crippen molar-refractivity contribution in [3.05, 3.63) is 43.5 Å². The summed E-state index contributed by atoms with van der Waals surface area (Å²) in [5, 5.41) is 23.8. The third kappa shape index (κ3) is 6.86. The van der Waals surface area contributed by atoms with Crippen LogP contribution in [0.4, 0.5) is 0 Å². The average Bonchev–Trinajstić information content (AvgIpc) is 3.04. The van der Waals surface area contributed by atoms with Gasteiger partial charge in [0, 0.05) is 56.4 Å². The molecule has 0 aliphatic carbocycles. The number of aldehydes is 1. The van der Waals surface area contributed by atoms with E-state index < -0.39 is 0 Å². The van der Waals surface area contributed by atoms with E-state index in [1.807, 2.05) is 6.07 Å². The fraction of sp³-hybridized carbons (Fsp3) is 0.412. The van der Waals surface area contributed by atoms with Crippen LogP contribution in [0, 0.1) is 11.3 Å². The molecule has 3 heterocycles.